The van der Waals surface area contributed by atoms with Crippen molar-refractivity contribution in [3.63, 3.8) is 0 Å². The maximum absolute atomic E-state index is 13.8. The van der Waals surface area contributed by atoms with Crippen LogP contribution in [-0.4, -0.2) is 44.6 Å². The number of amides is 1. The van der Waals surface area contributed by atoms with Crippen molar-refractivity contribution >= 4 is 17.0 Å². The summed E-state index contributed by atoms with van der Waals surface area (Å²) in [6.45, 7) is 4.23. The Morgan fingerprint density at radius 2 is 2.07 bits per heavy atom. The number of nitrogens with zero attached hydrogens (tertiary/aromatic N) is 4. The summed E-state index contributed by atoms with van der Waals surface area (Å²) in [5.74, 6) is 0.674. The van der Waals surface area contributed by atoms with Crippen LogP contribution in [0.4, 0.5) is 0 Å². The molecule has 1 aliphatic heterocycles. The van der Waals surface area contributed by atoms with Crippen LogP contribution in [0.25, 0.3) is 11.1 Å². The van der Waals surface area contributed by atoms with Crippen molar-refractivity contribution in [2.24, 2.45) is 0 Å². The van der Waals surface area contributed by atoms with E-state index in [1.54, 1.807) is 19.5 Å². The molecule has 1 aliphatic rings. The van der Waals surface area contributed by atoms with Gasteiger partial charge in [0.25, 0.3) is 11.6 Å². The molecule has 1 amide bonds. The first-order chi connectivity index (χ1) is 14.6. The van der Waals surface area contributed by atoms with E-state index in [1.165, 1.54) is 0 Å². The minimum absolute atomic E-state index is 0.0914. The summed E-state index contributed by atoms with van der Waals surface area (Å²) >= 11 is 0. The average molecular weight is 403 g/mol. The van der Waals surface area contributed by atoms with Gasteiger partial charge in [-0.2, -0.15) is 0 Å². The van der Waals surface area contributed by atoms with Crippen molar-refractivity contribution in [1.82, 2.24) is 25.0 Å². The molecule has 0 spiro atoms. The number of ether oxygens (including phenoxy) is 1. The average Bonchev–Trinajstić information content (AvgIpc) is 3.38. The number of aryl methyl sites for hydroxylation is 2. The lowest BCUT2D eigenvalue weighted by Gasteiger charge is -2.35. The van der Waals surface area contributed by atoms with Crippen LogP contribution in [0.3, 0.4) is 0 Å². The van der Waals surface area contributed by atoms with Crippen LogP contribution in [0.15, 0.2) is 41.2 Å². The zero-order chi connectivity index (χ0) is 20.8. The maximum Gasteiger partial charge on any atom is 0.258 e. The fraction of sp³-hybridized carbons (Fsp3) is 0.273. The van der Waals surface area contributed by atoms with E-state index < -0.39 is 0 Å². The highest BCUT2D eigenvalue weighted by Gasteiger charge is 2.35. The summed E-state index contributed by atoms with van der Waals surface area (Å²) in [6.07, 6.45) is 2.40. The van der Waals surface area contributed by atoms with E-state index in [-0.39, 0.29) is 11.9 Å². The van der Waals surface area contributed by atoms with Crippen LogP contribution < -0.4 is 4.74 Å². The second-order valence-corrected chi connectivity index (χ2v) is 7.45. The lowest BCUT2D eigenvalue weighted by atomic mass is 9.94. The predicted molar refractivity (Wildman–Crippen MR) is 109 cm³/mol. The number of hydrogen-bond acceptors (Lipinski definition) is 6. The van der Waals surface area contributed by atoms with E-state index in [4.69, 9.17) is 9.26 Å². The molecule has 4 aromatic rings. The fourth-order valence-electron chi connectivity index (χ4n) is 4.16. The van der Waals surface area contributed by atoms with E-state index in [2.05, 4.69) is 20.1 Å². The first kappa shape index (κ1) is 18.4. The van der Waals surface area contributed by atoms with Crippen molar-refractivity contribution in [1.29, 1.82) is 0 Å². The topological polar surface area (TPSA) is 97.1 Å². The number of benzene rings is 1. The van der Waals surface area contributed by atoms with Gasteiger partial charge in [0.15, 0.2) is 0 Å². The molecule has 0 saturated heterocycles. The van der Waals surface area contributed by atoms with E-state index in [9.17, 15) is 4.79 Å². The van der Waals surface area contributed by atoms with Gasteiger partial charge in [-0.15, -0.1) is 0 Å². The third kappa shape index (κ3) is 2.83. The van der Waals surface area contributed by atoms with Gasteiger partial charge in [-0.05, 0) is 37.6 Å². The Bertz CT molecular complexity index is 1240. The van der Waals surface area contributed by atoms with Gasteiger partial charge in [0, 0.05) is 24.4 Å². The zero-order valence-corrected chi connectivity index (χ0v) is 17.0. The Kier molecular flexibility index (Phi) is 4.27. The lowest BCUT2D eigenvalue weighted by molar-refractivity contribution is 0.0692. The van der Waals surface area contributed by atoms with Gasteiger partial charge < -0.3 is 19.1 Å². The lowest BCUT2D eigenvalue weighted by Crippen LogP contribution is -2.41. The van der Waals surface area contributed by atoms with Crippen molar-refractivity contribution < 1.29 is 14.1 Å². The molecule has 152 valence electrons. The van der Waals surface area contributed by atoms with E-state index in [0.29, 0.717) is 41.0 Å². The second kappa shape index (κ2) is 6.98. The van der Waals surface area contributed by atoms with Crippen LogP contribution in [0, 0.1) is 13.8 Å². The van der Waals surface area contributed by atoms with Crippen molar-refractivity contribution in [3.8, 4) is 5.75 Å². The monoisotopic (exact) mass is 403 g/mol. The number of carbonyl (C=O) groups excluding carboxylic acids is 1. The molecule has 1 aromatic carbocycles. The zero-order valence-electron chi connectivity index (χ0n) is 17.0. The number of hydrogen-bond donors (Lipinski definition) is 1. The third-order valence-electron chi connectivity index (χ3n) is 5.59. The van der Waals surface area contributed by atoms with Crippen LogP contribution in [0.5, 0.6) is 5.75 Å². The molecule has 30 heavy (non-hydrogen) atoms. The number of pyridine rings is 1. The summed E-state index contributed by atoms with van der Waals surface area (Å²) < 4.78 is 10.6. The van der Waals surface area contributed by atoms with Gasteiger partial charge in [0.2, 0.25) is 0 Å². The van der Waals surface area contributed by atoms with Crippen LogP contribution >= 0.6 is 0 Å². The molecule has 0 aliphatic carbocycles. The Hall–Kier alpha value is -3.68. The Morgan fingerprint density at radius 1 is 1.27 bits per heavy atom. The van der Waals surface area contributed by atoms with Crippen LogP contribution in [0.2, 0.25) is 0 Å². The van der Waals surface area contributed by atoms with Gasteiger partial charge >= 0.3 is 0 Å². The van der Waals surface area contributed by atoms with Crippen molar-refractivity contribution in [3.05, 3.63) is 70.6 Å². The maximum atomic E-state index is 13.8. The first-order valence-electron chi connectivity index (χ1n) is 9.77. The third-order valence-corrected chi connectivity index (χ3v) is 5.59. The molecule has 1 N–H and O–H groups in total. The summed E-state index contributed by atoms with van der Waals surface area (Å²) in [5, 5.41) is 4.67. The normalized spacial score (nSPS) is 16.0. The summed E-state index contributed by atoms with van der Waals surface area (Å²) in [4.78, 5) is 27.8. The molecule has 0 radical (unpaired) electrons. The summed E-state index contributed by atoms with van der Waals surface area (Å²) in [6, 6.07) is 9.26. The molecule has 1 atom stereocenters. The molecular weight excluding hydrogens is 382 g/mol. The SMILES string of the molecule is COc1ccc([C@H]2c3nc[nH]c3CCN2C(=O)c2cc(C)nc3onc(C)c23)cc1. The summed E-state index contributed by atoms with van der Waals surface area (Å²) in [5.41, 5.74) is 5.19. The van der Waals surface area contributed by atoms with E-state index >= 15 is 0 Å². The molecule has 0 saturated carbocycles. The number of methoxy groups -OCH3 is 1. The van der Waals surface area contributed by atoms with Crippen molar-refractivity contribution in [2.45, 2.75) is 26.3 Å². The minimum Gasteiger partial charge on any atom is -0.497 e. The van der Waals surface area contributed by atoms with Crippen LogP contribution in [-0.2, 0) is 6.42 Å². The number of aromatic amines is 1. The van der Waals surface area contributed by atoms with Gasteiger partial charge in [-0.25, -0.2) is 9.97 Å². The van der Waals surface area contributed by atoms with Gasteiger partial charge in [0.05, 0.1) is 35.8 Å². The molecule has 8 heteroatoms. The number of fused-ring (bicyclic) bond motifs is 2. The molecule has 5 rings (SSSR count). The van der Waals surface area contributed by atoms with Gasteiger partial charge in [-0.3, -0.25) is 4.79 Å². The standard InChI is InChI=1S/C22H21N5O3/c1-12-10-16(18-13(2)26-30-21(18)25-12)22(28)27-9-8-17-19(24-11-23-17)20(27)14-4-6-15(29-3)7-5-14/h4-7,10-11,20H,8-9H2,1-3H3,(H,23,24)/t20-/m0/s1. The largest absolute Gasteiger partial charge is 0.497 e. The summed E-state index contributed by atoms with van der Waals surface area (Å²) in [7, 11) is 1.63. The molecule has 0 bridgehead atoms. The number of imidazole rings is 1. The number of carbonyl (C=O) groups is 1. The quantitative estimate of drug-likeness (QED) is 0.563. The molecule has 8 nitrogen and oxygen atoms in total. The second-order valence-electron chi connectivity index (χ2n) is 7.45. The number of aromatic nitrogens is 4. The Balaban J connectivity index is 1.63. The Morgan fingerprint density at radius 3 is 2.83 bits per heavy atom. The highest BCUT2D eigenvalue weighted by atomic mass is 16.5. The molecule has 3 aromatic heterocycles. The van der Waals surface area contributed by atoms with Crippen LogP contribution in [0.1, 0.15) is 44.7 Å². The molecule has 0 fully saturated rings. The van der Waals surface area contributed by atoms with Crippen molar-refractivity contribution in [2.75, 3.05) is 13.7 Å². The highest BCUT2D eigenvalue weighted by Crippen LogP contribution is 2.36. The smallest absolute Gasteiger partial charge is 0.258 e. The van der Waals surface area contributed by atoms with E-state index in [0.717, 1.165) is 22.7 Å². The van der Waals surface area contributed by atoms with Gasteiger partial charge in [0.1, 0.15) is 11.8 Å². The molecule has 0 unspecified atom stereocenters. The van der Waals surface area contributed by atoms with E-state index in [1.807, 2.05) is 43.0 Å². The molecule has 4 heterocycles. The minimum atomic E-state index is -0.304. The van der Waals surface area contributed by atoms with Gasteiger partial charge in [-0.1, -0.05) is 17.3 Å². The predicted octanol–water partition coefficient (Wildman–Crippen LogP) is 3.36. The highest BCUT2D eigenvalue weighted by molar-refractivity contribution is 6.06. The number of rotatable bonds is 3. The fourth-order valence-corrected chi connectivity index (χ4v) is 4.16. The molecular formula is C22H21N5O3. The first-order valence-corrected chi connectivity index (χ1v) is 9.77. The number of nitrogens with one attached hydrogen (secondary N) is 1. The Labute approximate surface area is 172 Å². The number of H-pyrrole nitrogens is 1.